The van der Waals surface area contributed by atoms with Crippen molar-refractivity contribution < 1.29 is 4.79 Å². The summed E-state index contributed by atoms with van der Waals surface area (Å²) in [6, 6.07) is 14.0. The first-order valence-corrected chi connectivity index (χ1v) is 9.08. The van der Waals surface area contributed by atoms with Crippen molar-refractivity contribution in [2.24, 2.45) is 0 Å². The van der Waals surface area contributed by atoms with Gasteiger partial charge in [0.2, 0.25) is 5.91 Å². The molecule has 6 heteroatoms. The summed E-state index contributed by atoms with van der Waals surface area (Å²) < 4.78 is 3.00. The SMILES string of the molecule is CN(Cc1cnn(-c2ccccc2)c1)C(=O)CSc1cccs1. The second-order valence-electron chi connectivity index (χ2n) is 5.10. The first-order valence-electron chi connectivity index (χ1n) is 7.21. The van der Waals surface area contributed by atoms with Crippen LogP contribution in [0.5, 0.6) is 0 Å². The second-order valence-corrected chi connectivity index (χ2v) is 7.32. The van der Waals surface area contributed by atoms with Gasteiger partial charge in [-0.2, -0.15) is 5.10 Å². The van der Waals surface area contributed by atoms with Gasteiger partial charge in [-0.3, -0.25) is 4.79 Å². The van der Waals surface area contributed by atoms with E-state index in [0.29, 0.717) is 12.3 Å². The summed E-state index contributed by atoms with van der Waals surface area (Å²) in [4.78, 5) is 13.9. The number of carbonyl (C=O) groups excluding carboxylic acids is 1. The lowest BCUT2D eigenvalue weighted by atomic mass is 10.3. The molecule has 0 saturated heterocycles. The van der Waals surface area contributed by atoms with Crippen molar-refractivity contribution in [2.75, 3.05) is 12.8 Å². The standard InChI is InChI=1S/C17H17N3OS2/c1-19(16(21)13-23-17-8-5-9-22-17)11-14-10-18-20(12-14)15-6-3-2-4-7-15/h2-10,12H,11,13H2,1H3. The van der Waals surface area contributed by atoms with E-state index < -0.39 is 0 Å². The van der Waals surface area contributed by atoms with Crippen LogP contribution in [0.3, 0.4) is 0 Å². The fraction of sp³-hybridized carbons (Fsp3) is 0.176. The lowest BCUT2D eigenvalue weighted by Crippen LogP contribution is -2.27. The molecule has 0 bridgehead atoms. The molecule has 1 amide bonds. The molecule has 0 saturated carbocycles. The maximum Gasteiger partial charge on any atom is 0.233 e. The van der Waals surface area contributed by atoms with Crippen LogP contribution in [0.25, 0.3) is 5.69 Å². The molecule has 0 N–H and O–H groups in total. The Morgan fingerprint density at radius 1 is 1.26 bits per heavy atom. The summed E-state index contributed by atoms with van der Waals surface area (Å²) in [7, 11) is 1.83. The highest BCUT2D eigenvalue weighted by Crippen LogP contribution is 2.23. The van der Waals surface area contributed by atoms with Gasteiger partial charge < -0.3 is 4.90 Å². The minimum absolute atomic E-state index is 0.121. The van der Waals surface area contributed by atoms with Crippen LogP contribution >= 0.6 is 23.1 Å². The van der Waals surface area contributed by atoms with E-state index in [2.05, 4.69) is 5.10 Å². The molecule has 0 aliphatic carbocycles. The molecule has 0 aliphatic rings. The number of rotatable bonds is 6. The number of benzene rings is 1. The van der Waals surface area contributed by atoms with E-state index in [0.717, 1.165) is 11.3 Å². The molecule has 0 spiro atoms. The van der Waals surface area contributed by atoms with Crippen LogP contribution in [0.1, 0.15) is 5.56 Å². The predicted octanol–water partition coefficient (Wildman–Crippen LogP) is 3.68. The third-order valence-electron chi connectivity index (χ3n) is 3.34. The van der Waals surface area contributed by atoms with Crippen LogP contribution in [-0.4, -0.2) is 33.4 Å². The van der Waals surface area contributed by atoms with Crippen LogP contribution in [0, 0.1) is 0 Å². The molecular weight excluding hydrogens is 326 g/mol. The molecule has 2 aromatic heterocycles. The molecule has 3 rings (SSSR count). The van der Waals surface area contributed by atoms with Gasteiger partial charge in [-0.25, -0.2) is 4.68 Å². The summed E-state index contributed by atoms with van der Waals surface area (Å²) >= 11 is 3.24. The first kappa shape index (κ1) is 15.8. The number of para-hydroxylation sites is 1. The molecule has 0 unspecified atom stereocenters. The van der Waals surface area contributed by atoms with Gasteiger partial charge in [-0.05, 0) is 23.6 Å². The van der Waals surface area contributed by atoms with Gasteiger partial charge in [0.15, 0.2) is 0 Å². The number of nitrogens with zero attached hydrogens (tertiary/aromatic N) is 3. The van der Waals surface area contributed by atoms with Gasteiger partial charge in [-0.1, -0.05) is 24.3 Å². The van der Waals surface area contributed by atoms with E-state index in [-0.39, 0.29) is 5.91 Å². The quantitative estimate of drug-likeness (QED) is 0.641. The lowest BCUT2D eigenvalue weighted by molar-refractivity contribution is -0.127. The van der Waals surface area contributed by atoms with E-state index in [1.54, 1.807) is 28.0 Å². The number of hydrogen-bond donors (Lipinski definition) is 0. The molecule has 23 heavy (non-hydrogen) atoms. The van der Waals surface area contributed by atoms with E-state index in [4.69, 9.17) is 0 Å². The molecular formula is C17H17N3OS2. The monoisotopic (exact) mass is 343 g/mol. The molecule has 118 valence electrons. The van der Waals surface area contributed by atoms with Crippen molar-refractivity contribution in [3.8, 4) is 5.69 Å². The lowest BCUT2D eigenvalue weighted by Gasteiger charge is -2.15. The van der Waals surface area contributed by atoms with Gasteiger partial charge in [0.1, 0.15) is 0 Å². The first-order chi connectivity index (χ1) is 11.2. The maximum atomic E-state index is 12.2. The Morgan fingerprint density at radius 3 is 2.83 bits per heavy atom. The fourth-order valence-electron chi connectivity index (χ4n) is 2.11. The van der Waals surface area contributed by atoms with Crippen LogP contribution in [-0.2, 0) is 11.3 Å². The average Bonchev–Trinajstić information content (AvgIpc) is 3.25. The molecule has 2 heterocycles. The van der Waals surface area contributed by atoms with Crippen molar-refractivity contribution in [3.05, 3.63) is 65.8 Å². The average molecular weight is 343 g/mol. The summed E-state index contributed by atoms with van der Waals surface area (Å²) in [5.41, 5.74) is 2.03. The molecule has 3 aromatic rings. The number of thioether (sulfide) groups is 1. The number of amides is 1. The second kappa shape index (κ2) is 7.48. The smallest absolute Gasteiger partial charge is 0.233 e. The van der Waals surface area contributed by atoms with Crippen LogP contribution < -0.4 is 0 Å². The third kappa shape index (κ3) is 4.24. The van der Waals surface area contributed by atoms with Crippen molar-refractivity contribution >= 4 is 29.0 Å². The summed E-state index contributed by atoms with van der Waals surface area (Å²) in [5.74, 6) is 0.583. The Balaban J connectivity index is 1.56. The Labute approximate surface area is 143 Å². The Hall–Kier alpha value is -2.05. The molecule has 0 aliphatic heterocycles. The molecule has 0 fully saturated rings. The van der Waals surface area contributed by atoms with Crippen molar-refractivity contribution in [1.29, 1.82) is 0 Å². The largest absolute Gasteiger partial charge is 0.341 e. The summed E-state index contributed by atoms with van der Waals surface area (Å²) in [6.07, 6.45) is 3.77. The van der Waals surface area contributed by atoms with Crippen molar-refractivity contribution in [2.45, 2.75) is 10.8 Å². The molecule has 4 nitrogen and oxygen atoms in total. The molecule has 0 radical (unpaired) electrons. The highest BCUT2D eigenvalue weighted by Gasteiger charge is 2.11. The van der Waals surface area contributed by atoms with Gasteiger partial charge in [0, 0.05) is 25.4 Å². The van der Waals surface area contributed by atoms with Crippen molar-refractivity contribution in [3.63, 3.8) is 0 Å². The summed E-state index contributed by atoms with van der Waals surface area (Å²) in [5, 5.41) is 6.38. The highest BCUT2D eigenvalue weighted by atomic mass is 32.2. The predicted molar refractivity (Wildman–Crippen MR) is 95.1 cm³/mol. The molecule has 1 aromatic carbocycles. The van der Waals surface area contributed by atoms with Crippen molar-refractivity contribution in [1.82, 2.24) is 14.7 Å². The maximum absolute atomic E-state index is 12.2. The van der Waals surface area contributed by atoms with Crippen LogP contribution in [0.4, 0.5) is 0 Å². The van der Waals surface area contributed by atoms with Crippen LogP contribution in [0.2, 0.25) is 0 Å². The minimum Gasteiger partial charge on any atom is -0.341 e. The highest BCUT2D eigenvalue weighted by molar-refractivity contribution is 8.01. The number of carbonyl (C=O) groups is 1. The van der Waals surface area contributed by atoms with Gasteiger partial charge in [0.25, 0.3) is 0 Å². The van der Waals surface area contributed by atoms with E-state index in [1.807, 2.05) is 72.0 Å². The van der Waals surface area contributed by atoms with E-state index in [9.17, 15) is 4.79 Å². The Kier molecular flexibility index (Phi) is 5.15. The zero-order valence-electron chi connectivity index (χ0n) is 12.8. The zero-order valence-corrected chi connectivity index (χ0v) is 14.4. The normalized spacial score (nSPS) is 10.7. The summed E-state index contributed by atoms with van der Waals surface area (Å²) in [6.45, 7) is 0.566. The van der Waals surface area contributed by atoms with Gasteiger partial charge in [0.05, 0.1) is 21.8 Å². The number of hydrogen-bond acceptors (Lipinski definition) is 4. The molecule has 0 atom stereocenters. The number of aromatic nitrogens is 2. The Morgan fingerprint density at radius 2 is 2.09 bits per heavy atom. The fourth-order valence-corrected chi connectivity index (χ4v) is 3.84. The number of thiophene rings is 1. The van der Waals surface area contributed by atoms with E-state index in [1.165, 1.54) is 4.21 Å². The van der Waals surface area contributed by atoms with Gasteiger partial charge >= 0.3 is 0 Å². The van der Waals surface area contributed by atoms with E-state index >= 15 is 0 Å². The third-order valence-corrected chi connectivity index (χ3v) is 5.45. The minimum atomic E-state index is 0.121. The topological polar surface area (TPSA) is 38.1 Å². The van der Waals surface area contributed by atoms with Gasteiger partial charge in [-0.15, -0.1) is 23.1 Å². The zero-order chi connectivity index (χ0) is 16.1. The Bertz CT molecular complexity index is 753. The van der Waals surface area contributed by atoms with Crippen LogP contribution in [0.15, 0.2) is 64.4 Å².